The lowest BCUT2D eigenvalue weighted by Gasteiger charge is -2.22. The molecule has 0 unspecified atom stereocenters. The Balaban J connectivity index is 2.27. The van der Waals surface area contributed by atoms with Crippen LogP contribution < -0.4 is 16.4 Å². The molecule has 1 aliphatic heterocycles. The fraction of sp³-hybridized carbons (Fsp3) is 0.692. The van der Waals surface area contributed by atoms with Crippen LogP contribution in [0.4, 0.5) is 4.79 Å². The number of nitrogens with two attached hydrogens (primary N) is 1. The van der Waals surface area contributed by atoms with E-state index in [-0.39, 0.29) is 5.41 Å². The minimum absolute atomic E-state index is 0.00986. The minimum atomic E-state index is -0.479. The minimum Gasteiger partial charge on any atom is -0.352 e. The van der Waals surface area contributed by atoms with Gasteiger partial charge in [-0.1, -0.05) is 20.8 Å². The first kappa shape index (κ1) is 13.9. The second-order valence-corrected chi connectivity index (χ2v) is 5.95. The Hall–Kier alpha value is -1.56. The summed E-state index contributed by atoms with van der Waals surface area (Å²) in [4.78, 5) is 15.6. The van der Waals surface area contributed by atoms with Crippen LogP contribution in [0.1, 0.15) is 38.0 Å². The first-order valence-corrected chi connectivity index (χ1v) is 6.72. The van der Waals surface area contributed by atoms with Gasteiger partial charge in [0.25, 0.3) is 0 Å². The van der Waals surface area contributed by atoms with Crippen LogP contribution in [-0.2, 0) is 24.9 Å². The zero-order valence-corrected chi connectivity index (χ0v) is 11.9. The molecule has 6 nitrogen and oxygen atoms in total. The summed E-state index contributed by atoms with van der Waals surface area (Å²) >= 11 is 0. The zero-order chi connectivity index (χ0) is 14.0. The number of carbonyl (C=O) groups is 1. The van der Waals surface area contributed by atoms with Gasteiger partial charge < -0.3 is 20.9 Å². The van der Waals surface area contributed by atoms with Crippen molar-refractivity contribution in [3.63, 3.8) is 0 Å². The largest absolute Gasteiger partial charge is 0.352 e. The molecule has 0 radical (unpaired) electrons. The maximum absolute atomic E-state index is 10.8. The van der Waals surface area contributed by atoms with Crippen LogP contribution in [0.15, 0.2) is 0 Å². The molecule has 106 valence electrons. The van der Waals surface area contributed by atoms with Crippen LogP contribution >= 0.6 is 0 Å². The van der Waals surface area contributed by atoms with E-state index in [0.29, 0.717) is 6.54 Å². The molecule has 0 bridgehead atoms. The van der Waals surface area contributed by atoms with E-state index in [1.54, 1.807) is 0 Å². The molecule has 6 heteroatoms. The molecule has 0 aliphatic carbocycles. The van der Waals surface area contributed by atoms with Gasteiger partial charge in [-0.3, -0.25) is 0 Å². The van der Waals surface area contributed by atoms with Gasteiger partial charge in [0.2, 0.25) is 0 Å². The molecular formula is C13H23N5O. The number of urea groups is 1. The molecule has 2 rings (SSSR count). The van der Waals surface area contributed by atoms with E-state index in [4.69, 9.17) is 10.7 Å². The number of fused-ring (bicyclic) bond motifs is 1. The zero-order valence-electron chi connectivity index (χ0n) is 11.9. The van der Waals surface area contributed by atoms with Crippen molar-refractivity contribution in [2.75, 3.05) is 13.1 Å². The normalized spacial score (nSPS) is 15.1. The predicted octanol–water partition coefficient (Wildman–Crippen LogP) is 0.495. The number of nitrogens with one attached hydrogen (secondary N) is 2. The highest BCUT2D eigenvalue weighted by Gasteiger charge is 2.26. The molecule has 0 fully saturated rings. The Morgan fingerprint density at radius 3 is 2.89 bits per heavy atom. The Bertz CT molecular complexity index is 472. The molecule has 0 aromatic carbocycles. The summed E-state index contributed by atoms with van der Waals surface area (Å²) in [5, 5.41) is 5.99. The van der Waals surface area contributed by atoms with Crippen molar-refractivity contribution in [1.29, 1.82) is 0 Å². The van der Waals surface area contributed by atoms with E-state index in [2.05, 4.69) is 36.0 Å². The van der Waals surface area contributed by atoms with Crippen LogP contribution in [0.2, 0.25) is 0 Å². The average molecular weight is 265 g/mol. The Morgan fingerprint density at radius 1 is 1.53 bits per heavy atom. The molecular weight excluding hydrogens is 242 g/mol. The fourth-order valence-corrected chi connectivity index (χ4v) is 2.48. The molecule has 4 N–H and O–H groups in total. The lowest BCUT2D eigenvalue weighted by atomic mass is 9.95. The first-order chi connectivity index (χ1) is 8.89. The SMILES string of the molecule is CC(C)(C)c1nc2c(n1CCNC(N)=O)CCNC2. The first-order valence-electron chi connectivity index (χ1n) is 6.72. The second-order valence-electron chi connectivity index (χ2n) is 5.95. The third kappa shape index (κ3) is 3.07. The lowest BCUT2D eigenvalue weighted by molar-refractivity contribution is 0.248. The van der Waals surface area contributed by atoms with Gasteiger partial charge in [-0.15, -0.1) is 0 Å². The van der Waals surface area contributed by atoms with Crippen LogP contribution in [0.3, 0.4) is 0 Å². The molecule has 19 heavy (non-hydrogen) atoms. The van der Waals surface area contributed by atoms with Gasteiger partial charge in [0, 0.05) is 43.7 Å². The van der Waals surface area contributed by atoms with Crippen molar-refractivity contribution in [1.82, 2.24) is 20.2 Å². The highest BCUT2D eigenvalue weighted by molar-refractivity contribution is 5.71. The summed E-state index contributed by atoms with van der Waals surface area (Å²) in [6.45, 7) is 9.54. The number of primary amides is 1. The second kappa shape index (κ2) is 5.21. The maximum Gasteiger partial charge on any atom is 0.312 e. The molecule has 0 saturated heterocycles. The Labute approximate surface area is 113 Å². The molecule has 2 amide bonds. The fourth-order valence-electron chi connectivity index (χ4n) is 2.48. The number of rotatable bonds is 3. The number of hydrogen-bond acceptors (Lipinski definition) is 3. The molecule has 0 saturated carbocycles. The topological polar surface area (TPSA) is 85.0 Å². The highest BCUT2D eigenvalue weighted by atomic mass is 16.2. The molecule has 2 heterocycles. The van der Waals surface area contributed by atoms with E-state index in [0.717, 1.165) is 37.6 Å². The predicted molar refractivity (Wildman–Crippen MR) is 73.9 cm³/mol. The van der Waals surface area contributed by atoms with Gasteiger partial charge in [-0.2, -0.15) is 0 Å². The quantitative estimate of drug-likeness (QED) is 0.744. The molecule has 1 aromatic heterocycles. The van der Waals surface area contributed by atoms with E-state index in [1.807, 2.05) is 0 Å². The Morgan fingerprint density at radius 2 is 2.26 bits per heavy atom. The summed E-state index contributed by atoms with van der Waals surface area (Å²) in [6, 6.07) is -0.479. The van der Waals surface area contributed by atoms with E-state index in [1.165, 1.54) is 5.69 Å². The van der Waals surface area contributed by atoms with E-state index in [9.17, 15) is 4.79 Å². The van der Waals surface area contributed by atoms with Gasteiger partial charge >= 0.3 is 6.03 Å². The van der Waals surface area contributed by atoms with Crippen molar-refractivity contribution < 1.29 is 4.79 Å². The van der Waals surface area contributed by atoms with Gasteiger partial charge in [-0.25, -0.2) is 9.78 Å². The molecule has 0 atom stereocenters. The molecule has 1 aromatic rings. The number of nitrogens with zero attached hydrogens (tertiary/aromatic N) is 2. The van der Waals surface area contributed by atoms with Crippen LogP contribution in [0.25, 0.3) is 0 Å². The van der Waals surface area contributed by atoms with Crippen molar-refractivity contribution >= 4 is 6.03 Å². The number of imidazole rings is 1. The highest BCUT2D eigenvalue weighted by Crippen LogP contribution is 2.26. The number of carbonyl (C=O) groups excluding carboxylic acids is 1. The number of amides is 2. The summed E-state index contributed by atoms with van der Waals surface area (Å²) in [6.07, 6.45) is 0.981. The van der Waals surface area contributed by atoms with Crippen molar-refractivity contribution in [2.45, 2.75) is 45.7 Å². The van der Waals surface area contributed by atoms with Gasteiger partial charge in [0.1, 0.15) is 5.82 Å². The summed E-state index contributed by atoms with van der Waals surface area (Å²) < 4.78 is 2.24. The number of aromatic nitrogens is 2. The molecule has 1 aliphatic rings. The lowest BCUT2D eigenvalue weighted by Crippen LogP contribution is -2.34. The van der Waals surface area contributed by atoms with Gasteiger partial charge in [-0.05, 0) is 0 Å². The monoisotopic (exact) mass is 265 g/mol. The van der Waals surface area contributed by atoms with Crippen LogP contribution in [0.5, 0.6) is 0 Å². The third-order valence-electron chi connectivity index (χ3n) is 3.29. The average Bonchev–Trinajstić information content (AvgIpc) is 2.68. The standard InChI is InChI=1S/C13H23N5O/c1-13(2,3)11-17-9-8-15-5-4-10(9)18(11)7-6-16-12(14)19/h15H,4-8H2,1-3H3,(H3,14,16,19). The van der Waals surface area contributed by atoms with E-state index >= 15 is 0 Å². The van der Waals surface area contributed by atoms with E-state index < -0.39 is 6.03 Å². The van der Waals surface area contributed by atoms with Crippen molar-refractivity contribution in [2.24, 2.45) is 5.73 Å². The van der Waals surface area contributed by atoms with Gasteiger partial charge in [0.05, 0.1) is 5.69 Å². The van der Waals surface area contributed by atoms with Gasteiger partial charge in [0.15, 0.2) is 0 Å². The molecule has 0 spiro atoms. The maximum atomic E-state index is 10.8. The third-order valence-corrected chi connectivity index (χ3v) is 3.29. The Kier molecular flexibility index (Phi) is 3.80. The summed E-state index contributed by atoms with van der Waals surface area (Å²) in [5.74, 6) is 1.08. The summed E-state index contributed by atoms with van der Waals surface area (Å²) in [5.41, 5.74) is 7.52. The van der Waals surface area contributed by atoms with Crippen LogP contribution in [-0.4, -0.2) is 28.7 Å². The van der Waals surface area contributed by atoms with Crippen molar-refractivity contribution in [3.05, 3.63) is 17.2 Å². The van der Waals surface area contributed by atoms with Crippen molar-refractivity contribution in [3.8, 4) is 0 Å². The van der Waals surface area contributed by atoms with Crippen LogP contribution in [0, 0.1) is 0 Å². The smallest absolute Gasteiger partial charge is 0.312 e. The summed E-state index contributed by atoms with van der Waals surface area (Å²) in [7, 11) is 0. The number of hydrogen-bond donors (Lipinski definition) is 3.